The number of carbonyl (C=O) groups is 1. The summed E-state index contributed by atoms with van der Waals surface area (Å²) in [4.78, 5) is 30.8. The molecule has 0 bridgehead atoms. The van der Waals surface area contributed by atoms with Gasteiger partial charge in [-0.15, -0.1) is 0 Å². The van der Waals surface area contributed by atoms with Gasteiger partial charge >= 0.3 is 0 Å². The van der Waals surface area contributed by atoms with Crippen molar-refractivity contribution in [3.05, 3.63) is 63.3 Å². The van der Waals surface area contributed by atoms with E-state index in [0.29, 0.717) is 11.7 Å². The Morgan fingerprint density at radius 3 is 2.50 bits per heavy atom. The Bertz CT molecular complexity index is 817. The number of nitrogens with zero attached hydrogens (tertiary/aromatic N) is 1. The number of aryl methyl sites for hydroxylation is 1. The molecular formula is C19H21N3O2. The minimum Gasteiger partial charge on any atom is -0.344 e. The van der Waals surface area contributed by atoms with Gasteiger partial charge in [0.1, 0.15) is 11.5 Å². The van der Waals surface area contributed by atoms with Gasteiger partial charge in [0.15, 0.2) is 0 Å². The van der Waals surface area contributed by atoms with Crippen LogP contribution in [0.2, 0.25) is 0 Å². The van der Waals surface area contributed by atoms with Gasteiger partial charge in [-0.25, -0.2) is 4.98 Å². The van der Waals surface area contributed by atoms with Crippen LogP contribution in [-0.4, -0.2) is 15.9 Å². The standard InChI is InChI=1S/C19H21N3O2/c1-11-20-16(10-17(23)21-11)19(24)22-18(15-8-9-15)14-6-4-13(5-7-14)12-2-3-12/h4-7,10,12,15,18H,2-3,8-9H2,1H3,(H,22,24)(H,20,21,23). The number of H-pyrrole nitrogens is 1. The Labute approximate surface area is 140 Å². The number of amides is 1. The third kappa shape index (κ3) is 3.25. The maximum Gasteiger partial charge on any atom is 0.270 e. The lowest BCUT2D eigenvalue weighted by molar-refractivity contribution is 0.0926. The molecule has 2 saturated carbocycles. The highest BCUT2D eigenvalue weighted by atomic mass is 16.2. The van der Waals surface area contributed by atoms with Crippen LogP contribution in [0.15, 0.2) is 35.1 Å². The van der Waals surface area contributed by atoms with E-state index in [1.54, 1.807) is 6.92 Å². The minimum absolute atomic E-state index is 0.00727. The molecule has 4 rings (SSSR count). The third-order valence-corrected chi connectivity index (χ3v) is 4.82. The average molecular weight is 323 g/mol. The topological polar surface area (TPSA) is 74.8 Å². The van der Waals surface area contributed by atoms with Crippen molar-refractivity contribution in [3.8, 4) is 0 Å². The number of rotatable bonds is 5. The monoisotopic (exact) mass is 323 g/mol. The van der Waals surface area contributed by atoms with Crippen LogP contribution in [0, 0.1) is 12.8 Å². The van der Waals surface area contributed by atoms with Crippen molar-refractivity contribution in [1.82, 2.24) is 15.3 Å². The van der Waals surface area contributed by atoms with Crippen LogP contribution in [0.25, 0.3) is 0 Å². The van der Waals surface area contributed by atoms with Gasteiger partial charge in [0.2, 0.25) is 0 Å². The number of carbonyl (C=O) groups excluding carboxylic acids is 1. The average Bonchev–Trinajstić information content (AvgIpc) is 3.45. The first-order chi connectivity index (χ1) is 11.6. The molecule has 1 unspecified atom stereocenters. The summed E-state index contributed by atoms with van der Waals surface area (Å²) in [6.07, 6.45) is 4.82. The van der Waals surface area contributed by atoms with Crippen molar-refractivity contribution < 1.29 is 4.79 Å². The van der Waals surface area contributed by atoms with Gasteiger partial charge in [0, 0.05) is 6.07 Å². The Balaban J connectivity index is 1.54. The van der Waals surface area contributed by atoms with Crippen molar-refractivity contribution in [1.29, 1.82) is 0 Å². The van der Waals surface area contributed by atoms with Gasteiger partial charge in [-0.2, -0.15) is 0 Å². The molecular weight excluding hydrogens is 302 g/mol. The minimum atomic E-state index is -0.301. The summed E-state index contributed by atoms with van der Waals surface area (Å²) in [6, 6.07) is 9.88. The molecule has 0 saturated heterocycles. The van der Waals surface area contributed by atoms with Crippen LogP contribution in [0.1, 0.15) is 65.1 Å². The molecule has 124 valence electrons. The molecule has 24 heavy (non-hydrogen) atoms. The molecule has 0 aliphatic heterocycles. The fourth-order valence-electron chi connectivity index (χ4n) is 3.21. The number of nitrogens with one attached hydrogen (secondary N) is 2. The number of hydrogen-bond donors (Lipinski definition) is 2. The summed E-state index contributed by atoms with van der Waals surface area (Å²) in [5.74, 6) is 1.37. The molecule has 5 nitrogen and oxygen atoms in total. The van der Waals surface area contributed by atoms with Gasteiger partial charge in [-0.05, 0) is 55.6 Å². The largest absolute Gasteiger partial charge is 0.344 e. The maximum atomic E-state index is 12.5. The van der Waals surface area contributed by atoms with Gasteiger partial charge in [-0.1, -0.05) is 24.3 Å². The van der Waals surface area contributed by atoms with Crippen LogP contribution in [0.5, 0.6) is 0 Å². The zero-order valence-electron chi connectivity index (χ0n) is 13.7. The Morgan fingerprint density at radius 2 is 1.92 bits per heavy atom. The van der Waals surface area contributed by atoms with E-state index in [1.165, 1.54) is 24.5 Å². The van der Waals surface area contributed by atoms with E-state index in [1.807, 2.05) is 0 Å². The second kappa shape index (κ2) is 5.89. The summed E-state index contributed by atoms with van der Waals surface area (Å²) < 4.78 is 0. The number of hydrogen-bond acceptors (Lipinski definition) is 3. The molecule has 1 heterocycles. The fraction of sp³-hybridized carbons (Fsp3) is 0.421. The predicted octanol–water partition coefficient (Wildman–Crippen LogP) is 2.84. The SMILES string of the molecule is Cc1nc(C(=O)NC(c2ccc(C3CC3)cc2)C2CC2)cc(=O)[nH]1. The van der Waals surface area contributed by atoms with E-state index in [0.717, 1.165) is 24.3 Å². The molecule has 2 aliphatic carbocycles. The van der Waals surface area contributed by atoms with E-state index in [2.05, 4.69) is 39.6 Å². The maximum absolute atomic E-state index is 12.5. The highest BCUT2D eigenvalue weighted by Crippen LogP contribution is 2.43. The summed E-state index contributed by atoms with van der Waals surface area (Å²) >= 11 is 0. The molecule has 2 fully saturated rings. The van der Waals surface area contributed by atoms with Crippen LogP contribution in [-0.2, 0) is 0 Å². The van der Waals surface area contributed by atoms with Crippen LogP contribution in [0.4, 0.5) is 0 Å². The normalized spacial score (nSPS) is 18.2. The fourth-order valence-corrected chi connectivity index (χ4v) is 3.21. The highest BCUT2D eigenvalue weighted by Gasteiger charge is 2.34. The number of aromatic nitrogens is 2. The Kier molecular flexibility index (Phi) is 3.71. The van der Waals surface area contributed by atoms with Crippen molar-refractivity contribution in [2.45, 2.75) is 44.6 Å². The van der Waals surface area contributed by atoms with E-state index < -0.39 is 0 Å². The number of aromatic amines is 1. The first-order valence-electron chi connectivity index (χ1n) is 8.59. The van der Waals surface area contributed by atoms with Crippen molar-refractivity contribution in [2.75, 3.05) is 0 Å². The van der Waals surface area contributed by atoms with Crippen LogP contribution < -0.4 is 10.9 Å². The molecule has 1 aromatic heterocycles. The van der Waals surface area contributed by atoms with Crippen LogP contribution >= 0.6 is 0 Å². The van der Waals surface area contributed by atoms with Crippen molar-refractivity contribution >= 4 is 5.91 Å². The van der Waals surface area contributed by atoms with Crippen LogP contribution in [0.3, 0.4) is 0 Å². The zero-order chi connectivity index (χ0) is 16.7. The van der Waals surface area contributed by atoms with E-state index in [-0.39, 0.29) is 23.2 Å². The first-order valence-corrected chi connectivity index (χ1v) is 8.59. The van der Waals surface area contributed by atoms with E-state index in [4.69, 9.17) is 0 Å². The lowest BCUT2D eigenvalue weighted by atomic mass is 9.99. The molecule has 1 atom stereocenters. The Hall–Kier alpha value is -2.43. The Morgan fingerprint density at radius 1 is 1.21 bits per heavy atom. The molecule has 2 aromatic rings. The van der Waals surface area contributed by atoms with E-state index in [9.17, 15) is 9.59 Å². The lowest BCUT2D eigenvalue weighted by Crippen LogP contribution is -2.31. The number of benzene rings is 1. The molecule has 2 N–H and O–H groups in total. The summed E-state index contributed by atoms with van der Waals surface area (Å²) in [5.41, 5.74) is 2.41. The third-order valence-electron chi connectivity index (χ3n) is 4.82. The molecule has 5 heteroatoms. The molecule has 2 aliphatic rings. The first kappa shape index (κ1) is 15.1. The smallest absolute Gasteiger partial charge is 0.270 e. The van der Waals surface area contributed by atoms with Crippen molar-refractivity contribution in [3.63, 3.8) is 0 Å². The second-order valence-corrected chi connectivity index (χ2v) is 6.95. The summed E-state index contributed by atoms with van der Waals surface area (Å²) in [5, 5.41) is 3.08. The predicted molar refractivity (Wildman–Crippen MR) is 90.9 cm³/mol. The van der Waals surface area contributed by atoms with Gasteiger partial charge in [-0.3, -0.25) is 9.59 Å². The highest BCUT2D eigenvalue weighted by molar-refractivity contribution is 5.92. The lowest BCUT2D eigenvalue weighted by Gasteiger charge is -2.19. The van der Waals surface area contributed by atoms with Gasteiger partial charge in [0.05, 0.1) is 6.04 Å². The van der Waals surface area contributed by atoms with Crippen molar-refractivity contribution in [2.24, 2.45) is 5.92 Å². The van der Waals surface area contributed by atoms with Gasteiger partial charge < -0.3 is 10.3 Å². The quantitative estimate of drug-likeness (QED) is 0.888. The summed E-state index contributed by atoms with van der Waals surface area (Å²) in [6.45, 7) is 1.67. The van der Waals surface area contributed by atoms with Gasteiger partial charge in [0.25, 0.3) is 11.5 Å². The summed E-state index contributed by atoms with van der Waals surface area (Å²) in [7, 11) is 0. The second-order valence-electron chi connectivity index (χ2n) is 6.95. The molecule has 1 amide bonds. The zero-order valence-corrected chi connectivity index (χ0v) is 13.7. The molecule has 0 radical (unpaired) electrons. The molecule has 0 spiro atoms. The van der Waals surface area contributed by atoms with E-state index >= 15 is 0 Å². The molecule has 1 aromatic carbocycles.